The maximum absolute atomic E-state index is 13.6. The lowest BCUT2D eigenvalue weighted by atomic mass is 10.2. The number of rotatable bonds is 7. The summed E-state index contributed by atoms with van der Waals surface area (Å²) in [6, 6.07) is 2.69. The SMILES string of the molecule is CC(C)COCCNC(=O)Nc1ccc(C(=O)O)cc1F. The molecule has 0 aliphatic carbocycles. The minimum atomic E-state index is -1.23. The highest BCUT2D eigenvalue weighted by molar-refractivity contribution is 5.91. The van der Waals surface area contributed by atoms with Crippen LogP contribution in [0.4, 0.5) is 14.9 Å². The molecule has 0 heterocycles. The van der Waals surface area contributed by atoms with E-state index < -0.39 is 17.8 Å². The molecule has 0 spiro atoms. The number of carbonyl (C=O) groups is 2. The lowest BCUT2D eigenvalue weighted by molar-refractivity contribution is 0.0696. The first-order chi connectivity index (χ1) is 9.90. The molecule has 0 aromatic heterocycles. The van der Waals surface area contributed by atoms with Gasteiger partial charge >= 0.3 is 12.0 Å². The Morgan fingerprint density at radius 3 is 2.67 bits per heavy atom. The first-order valence-electron chi connectivity index (χ1n) is 6.55. The van der Waals surface area contributed by atoms with Crippen molar-refractivity contribution in [3.63, 3.8) is 0 Å². The van der Waals surface area contributed by atoms with Gasteiger partial charge in [0.05, 0.1) is 17.9 Å². The van der Waals surface area contributed by atoms with Crippen LogP contribution in [0.2, 0.25) is 0 Å². The summed E-state index contributed by atoms with van der Waals surface area (Å²) in [5.41, 5.74) is -0.263. The summed E-state index contributed by atoms with van der Waals surface area (Å²) in [5, 5.41) is 13.5. The summed E-state index contributed by atoms with van der Waals surface area (Å²) < 4.78 is 18.9. The predicted octanol–water partition coefficient (Wildman–Crippen LogP) is 2.32. The Morgan fingerprint density at radius 2 is 2.10 bits per heavy atom. The summed E-state index contributed by atoms with van der Waals surface area (Å²) >= 11 is 0. The average Bonchev–Trinajstić information content (AvgIpc) is 2.40. The molecule has 116 valence electrons. The number of carboxylic acid groups (broad SMARTS) is 1. The molecule has 0 unspecified atom stereocenters. The number of amides is 2. The van der Waals surface area contributed by atoms with Crippen LogP contribution in [0.25, 0.3) is 0 Å². The number of nitrogens with one attached hydrogen (secondary N) is 2. The van der Waals surface area contributed by atoms with Gasteiger partial charge in [-0.15, -0.1) is 0 Å². The molecule has 1 aromatic rings. The summed E-state index contributed by atoms with van der Waals surface area (Å²) in [6.45, 7) is 5.31. The minimum Gasteiger partial charge on any atom is -0.478 e. The van der Waals surface area contributed by atoms with Crippen molar-refractivity contribution in [3.05, 3.63) is 29.6 Å². The van der Waals surface area contributed by atoms with Crippen LogP contribution in [0, 0.1) is 11.7 Å². The summed E-state index contributed by atoms with van der Waals surface area (Å²) in [7, 11) is 0. The second kappa shape index (κ2) is 8.21. The van der Waals surface area contributed by atoms with Gasteiger partial charge in [0.15, 0.2) is 0 Å². The molecule has 0 atom stereocenters. The van der Waals surface area contributed by atoms with Crippen molar-refractivity contribution in [2.24, 2.45) is 5.92 Å². The Bertz CT molecular complexity index is 506. The van der Waals surface area contributed by atoms with E-state index in [2.05, 4.69) is 10.6 Å². The topological polar surface area (TPSA) is 87.7 Å². The lowest BCUT2D eigenvalue weighted by Crippen LogP contribution is -2.32. The maximum atomic E-state index is 13.6. The van der Waals surface area contributed by atoms with Gasteiger partial charge in [-0.05, 0) is 24.1 Å². The molecule has 1 aromatic carbocycles. The molecule has 0 aliphatic rings. The summed E-state index contributed by atoms with van der Waals surface area (Å²) in [5.74, 6) is -1.62. The van der Waals surface area contributed by atoms with Gasteiger partial charge in [0.25, 0.3) is 0 Å². The van der Waals surface area contributed by atoms with Crippen molar-refractivity contribution < 1.29 is 23.8 Å². The third kappa shape index (κ3) is 6.22. The van der Waals surface area contributed by atoms with Gasteiger partial charge in [-0.3, -0.25) is 0 Å². The molecule has 0 fully saturated rings. The molecule has 0 saturated heterocycles. The van der Waals surface area contributed by atoms with E-state index in [0.717, 1.165) is 6.07 Å². The van der Waals surface area contributed by atoms with E-state index in [1.54, 1.807) is 0 Å². The van der Waals surface area contributed by atoms with Gasteiger partial charge < -0.3 is 20.5 Å². The number of hydrogen-bond acceptors (Lipinski definition) is 3. The maximum Gasteiger partial charge on any atom is 0.335 e. The molecule has 0 saturated carbocycles. The van der Waals surface area contributed by atoms with Crippen molar-refractivity contribution in [2.45, 2.75) is 13.8 Å². The molecule has 0 aliphatic heterocycles. The fourth-order valence-corrected chi connectivity index (χ4v) is 1.47. The quantitative estimate of drug-likeness (QED) is 0.674. The van der Waals surface area contributed by atoms with E-state index in [1.165, 1.54) is 12.1 Å². The number of ether oxygens (including phenoxy) is 1. The number of halogens is 1. The van der Waals surface area contributed by atoms with Gasteiger partial charge in [0.2, 0.25) is 0 Å². The van der Waals surface area contributed by atoms with Crippen LogP contribution in [-0.2, 0) is 4.74 Å². The van der Waals surface area contributed by atoms with Crippen LogP contribution in [0.5, 0.6) is 0 Å². The normalized spacial score (nSPS) is 10.5. The monoisotopic (exact) mass is 298 g/mol. The van der Waals surface area contributed by atoms with Gasteiger partial charge in [-0.1, -0.05) is 13.8 Å². The number of anilines is 1. The van der Waals surface area contributed by atoms with Gasteiger partial charge in [-0.2, -0.15) is 0 Å². The number of benzene rings is 1. The molecule has 1 rings (SSSR count). The molecule has 3 N–H and O–H groups in total. The second-order valence-electron chi connectivity index (χ2n) is 4.85. The molecule has 0 bridgehead atoms. The van der Waals surface area contributed by atoms with Crippen molar-refractivity contribution in [2.75, 3.05) is 25.1 Å². The lowest BCUT2D eigenvalue weighted by Gasteiger charge is -2.10. The van der Waals surface area contributed by atoms with E-state index >= 15 is 0 Å². The van der Waals surface area contributed by atoms with Crippen LogP contribution in [0.1, 0.15) is 24.2 Å². The Morgan fingerprint density at radius 1 is 1.38 bits per heavy atom. The number of hydrogen-bond donors (Lipinski definition) is 3. The predicted molar refractivity (Wildman–Crippen MR) is 76.0 cm³/mol. The van der Waals surface area contributed by atoms with Crippen LogP contribution in [0.3, 0.4) is 0 Å². The summed E-state index contributed by atoms with van der Waals surface area (Å²) in [4.78, 5) is 22.2. The van der Waals surface area contributed by atoms with Crippen molar-refractivity contribution >= 4 is 17.7 Å². The van der Waals surface area contributed by atoms with E-state index in [-0.39, 0.29) is 11.3 Å². The zero-order valence-corrected chi connectivity index (χ0v) is 12.0. The molecule has 6 nitrogen and oxygen atoms in total. The van der Waals surface area contributed by atoms with Crippen LogP contribution >= 0.6 is 0 Å². The Balaban J connectivity index is 2.39. The highest BCUT2D eigenvalue weighted by Gasteiger charge is 2.10. The Kier molecular flexibility index (Phi) is 6.61. The molecule has 2 amide bonds. The summed E-state index contributed by atoms with van der Waals surface area (Å²) in [6.07, 6.45) is 0. The Labute approximate surface area is 122 Å². The smallest absolute Gasteiger partial charge is 0.335 e. The van der Waals surface area contributed by atoms with Crippen LogP contribution < -0.4 is 10.6 Å². The molecular weight excluding hydrogens is 279 g/mol. The largest absolute Gasteiger partial charge is 0.478 e. The third-order valence-corrected chi connectivity index (χ3v) is 2.45. The van der Waals surface area contributed by atoms with E-state index in [0.29, 0.717) is 25.7 Å². The molecule has 0 radical (unpaired) electrons. The van der Waals surface area contributed by atoms with Crippen LogP contribution in [0.15, 0.2) is 18.2 Å². The van der Waals surface area contributed by atoms with Crippen molar-refractivity contribution in [3.8, 4) is 0 Å². The third-order valence-electron chi connectivity index (χ3n) is 2.45. The minimum absolute atomic E-state index is 0.0828. The van der Waals surface area contributed by atoms with E-state index in [4.69, 9.17) is 9.84 Å². The molecule has 21 heavy (non-hydrogen) atoms. The first-order valence-corrected chi connectivity index (χ1v) is 6.55. The average molecular weight is 298 g/mol. The fraction of sp³-hybridized carbons (Fsp3) is 0.429. The molecule has 7 heteroatoms. The van der Waals surface area contributed by atoms with E-state index in [1.807, 2.05) is 13.8 Å². The van der Waals surface area contributed by atoms with Crippen molar-refractivity contribution in [1.29, 1.82) is 0 Å². The first kappa shape index (κ1) is 16.9. The zero-order valence-electron chi connectivity index (χ0n) is 12.0. The van der Waals surface area contributed by atoms with Gasteiger partial charge in [-0.25, -0.2) is 14.0 Å². The van der Waals surface area contributed by atoms with E-state index in [9.17, 15) is 14.0 Å². The van der Waals surface area contributed by atoms with Crippen molar-refractivity contribution in [1.82, 2.24) is 5.32 Å². The number of urea groups is 1. The number of carboxylic acids is 1. The zero-order chi connectivity index (χ0) is 15.8. The van der Waals surface area contributed by atoms with Crippen LogP contribution in [-0.4, -0.2) is 36.9 Å². The highest BCUT2D eigenvalue weighted by Crippen LogP contribution is 2.15. The fourth-order valence-electron chi connectivity index (χ4n) is 1.47. The second-order valence-corrected chi connectivity index (χ2v) is 4.85. The highest BCUT2D eigenvalue weighted by atomic mass is 19.1. The standard InChI is InChI=1S/C14H19FN2O4/c1-9(2)8-21-6-5-16-14(20)17-12-4-3-10(13(18)19)7-11(12)15/h3-4,7,9H,5-6,8H2,1-2H3,(H,18,19)(H2,16,17,20). The number of carbonyl (C=O) groups excluding carboxylic acids is 1. The van der Waals surface area contributed by atoms with Gasteiger partial charge in [0, 0.05) is 13.2 Å². The number of aromatic carboxylic acids is 1. The Hall–Kier alpha value is -2.15. The van der Waals surface area contributed by atoms with Gasteiger partial charge in [0.1, 0.15) is 5.82 Å². The molecular formula is C14H19FN2O4.